The smallest absolute Gasteiger partial charge is 0.0839 e. The van der Waals surface area contributed by atoms with E-state index in [1.807, 2.05) is 0 Å². The van der Waals surface area contributed by atoms with Crippen molar-refractivity contribution < 1.29 is 4.74 Å². The van der Waals surface area contributed by atoms with E-state index in [1.165, 1.54) is 154 Å². The average Bonchev–Trinajstić information content (AvgIpc) is 3.43. The molecular formula is C28H56O. The summed E-state index contributed by atoms with van der Waals surface area (Å²) in [6, 6.07) is 0. The average molecular weight is 409 g/mol. The third kappa shape index (κ3) is 19.7. The van der Waals surface area contributed by atoms with Gasteiger partial charge in [-0.25, -0.2) is 0 Å². The predicted molar refractivity (Wildman–Crippen MR) is 131 cm³/mol. The van der Waals surface area contributed by atoms with Crippen molar-refractivity contribution in [3.63, 3.8) is 0 Å². The second kappa shape index (κ2) is 21.2. The lowest BCUT2D eigenvalue weighted by atomic mass is 10.0. The lowest BCUT2D eigenvalue weighted by Crippen LogP contribution is -1.89. The monoisotopic (exact) mass is 408 g/mol. The number of epoxide rings is 1. The predicted octanol–water partition coefficient (Wildman–Crippen LogP) is 10.2. The highest BCUT2D eigenvalue weighted by molar-refractivity contribution is 4.79. The number of ether oxygens (including phenoxy) is 1. The van der Waals surface area contributed by atoms with Gasteiger partial charge in [-0.3, -0.25) is 0 Å². The van der Waals surface area contributed by atoms with E-state index in [-0.39, 0.29) is 0 Å². The van der Waals surface area contributed by atoms with Crippen molar-refractivity contribution in [3.05, 3.63) is 0 Å². The topological polar surface area (TPSA) is 12.5 Å². The van der Waals surface area contributed by atoms with Gasteiger partial charge in [-0.2, -0.15) is 0 Å². The maximum absolute atomic E-state index is 5.47. The van der Waals surface area contributed by atoms with E-state index >= 15 is 0 Å². The molecule has 2 unspecified atom stereocenters. The lowest BCUT2D eigenvalue weighted by Gasteiger charge is -2.04. The molecule has 0 N–H and O–H groups in total. The van der Waals surface area contributed by atoms with Gasteiger partial charge >= 0.3 is 0 Å². The second-order valence-electron chi connectivity index (χ2n) is 9.95. The van der Waals surface area contributed by atoms with Gasteiger partial charge in [-0.15, -0.1) is 0 Å². The summed E-state index contributed by atoms with van der Waals surface area (Å²) in [5.74, 6) is 0. The van der Waals surface area contributed by atoms with Gasteiger partial charge in [-0.05, 0) is 13.3 Å². The highest BCUT2D eigenvalue weighted by Crippen LogP contribution is 2.26. The molecule has 174 valence electrons. The molecule has 1 heterocycles. The van der Waals surface area contributed by atoms with E-state index in [0.29, 0.717) is 12.2 Å². The van der Waals surface area contributed by atoms with Crippen molar-refractivity contribution in [2.24, 2.45) is 0 Å². The molecule has 1 fully saturated rings. The molecule has 0 amide bonds. The van der Waals surface area contributed by atoms with Crippen LogP contribution < -0.4 is 0 Å². The van der Waals surface area contributed by atoms with Crippen LogP contribution in [0.4, 0.5) is 0 Å². The van der Waals surface area contributed by atoms with E-state index in [1.54, 1.807) is 0 Å². The van der Waals surface area contributed by atoms with Crippen LogP contribution in [0, 0.1) is 0 Å². The maximum Gasteiger partial charge on any atom is 0.0839 e. The van der Waals surface area contributed by atoms with Crippen LogP contribution in [0.25, 0.3) is 0 Å². The highest BCUT2D eigenvalue weighted by atomic mass is 16.6. The van der Waals surface area contributed by atoms with Crippen LogP contribution in [0.2, 0.25) is 0 Å². The first kappa shape index (κ1) is 27.0. The molecule has 1 nitrogen and oxygen atoms in total. The van der Waals surface area contributed by atoms with Crippen LogP contribution in [-0.2, 0) is 4.74 Å². The molecule has 0 bridgehead atoms. The zero-order valence-electron chi connectivity index (χ0n) is 20.5. The molecule has 0 spiro atoms. The van der Waals surface area contributed by atoms with Gasteiger partial charge in [0.25, 0.3) is 0 Å². The van der Waals surface area contributed by atoms with Crippen molar-refractivity contribution in [2.45, 2.75) is 180 Å². The first-order chi connectivity index (χ1) is 14.3. The molecule has 0 radical (unpaired) electrons. The summed E-state index contributed by atoms with van der Waals surface area (Å²) in [6.45, 7) is 4.50. The SMILES string of the molecule is CCCCCCCCCCCCCCCCCCCCCCCCCC1OC1C. The van der Waals surface area contributed by atoms with Crippen LogP contribution in [0.1, 0.15) is 168 Å². The fourth-order valence-electron chi connectivity index (χ4n) is 4.66. The molecule has 1 heteroatoms. The van der Waals surface area contributed by atoms with Gasteiger partial charge < -0.3 is 4.74 Å². The van der Waals surface area contributed by atoms with Gasteiger partial charge in [0.05, 0.1) is 12.2 Å². The number of hydrogen-bond acceptors (Lipinski definition) is 1. The number of rotatable bonds is 24. The summed E-state index contributed by atoms with van der Waals surface area (Å²) in [6.07, 6.45) is 36.2. The summed E-state index contributed by atoms with van der Waals surface area (Å²) in [7, 11) is 0. The Hall–Kier alpha value is -0.0400. The minimum Gasteiger partial charge on any atom is -0.370 e. The van der Waals surface area contributed by atoms with Crippen molar-refractivity contribution >= 4 is 0 Å². The Balaban J connectivity index is 1.59. The summed E-state index contributed by atoms with van der Waals surface area (Å²) >= 11 is 0. The molecular weight excluding hydrogens is 352 g/mol. The molecule has 29 heavy (non-hydrogen) atoms. The Kier molecular flexibility index (Phi) is 19.7. The quantitative estimate of drug-likeness (QED) is 0.114. The molecule has 0 aliphatic carbocycles. The largest absolute Gasteiger partial charge is 0.370 e. The Morgan fingerprint density at radius 3 is 0.897 bits per heavy atom. The second-order valence-corrected chi connectivity index (χ2v) is 9.95. The van der Waals surface area contributed by atoms with Crippen LogP contribution >= 0.6 is 0 Å². The zero-order valence-corrected chi connectivity index (χ0v) is 20.5. The Morgan fingerprint density at radius 1 is 0.414 bits per heavy atom. The molecule has 1 aliphatic heterocycles. The van der Waals surface area contributed by atoms with Crippen molar-refractivity contribution in [1.82, 2.24) is 0 Å². The van der Waals surface area contributed by atoms with E-state index in [4.69, 9.17) is 4.74 Å². The van der Waals surface area contributed by atoms with Crippen molar-refractivity contribution in [1.29, 1.82) is 0 Å². The molecule has 0 aromatic heterocycles. The minimum atomic E-state index is 0.565. The van der Waals surface area contributed by atoms with Crippen LogP contribution in [0.5, 0.6) is 0 Å². The standard InChI is InChI=1S/C28H56O/c1-3-4-5-6-7-8-9-10-11-12-13-14-15-16-17-18-19-20-21-22-23-24-25-26-28-27(2)29-28/h27-28H,3-26H2,1-2H3. The normalized spacial score (nSPS) is 18.4. The van der Waals surface area contributed by atoms with Crippen molar-refractivity contribution in [3.8, 4) is 0 Å². The molecule has 0 saturated carbocycles. The Morgan fingerprint density at radius 2 is 0.655 bits per heavy atom. The number of unbranched alkanes of at least 4 members (excludes halogenated alkanes) is 22. The minimum absolute atomic E-state index is 0.565. The molecule has 1 saturated heterocycles. The van der Waals surface area contributed by atoms with Gasteiger partial charge in [-0.1, -0.05) is 155 Å². The molecule has 2 atom stereocenters. The first-order valence-electron chi connectivity index (χ1n) is 14.0. The molecule has 1 aliphatic rings. The molecule has 0 aromatic carbocycles. The fraction of sp³-hybridized carbons (Fsp3) is 1.00. The molecule has 1 rings (SSSR count). The van der Waals surface area contributed by atoms with Gasteiger partial charge in [0.15, 0.2) is 0 Å². The zero-order chi connectivity index (χ0) is 20.8. The Labute approximate surface area is 185 Å². The number of hydrogen-bond donors (Lipinski definition) is 0. The first-order valence-corrected chi connectivity index (χ1v) is 14.0. The highest BCUT2D eigenvalue weighted by Gasteiger charge is 2.32. The van der Waals surface area contributed by atoms with Crippen LogP contribution in [0.15, 0.2) is 0 Å². The molecule has 0 aromatic rings. The summed E-state index contributed by atoms with van der Waals surface area (Å²) < 4.78 is 5.47. The summed E-state index contributed by atoms with van der Waals surface area (Å²) in [5.41, 5.74) is 0. The Bertz CT molecular complexity index is 313. The summed E-state index contributed by atoms with van der Waals surface area (Å²) in [5, 5.41) is 0. The fourth-order valence-corrected chi connectivity index (χ4v) is 4.66. The lowest BCUT2D eigenvalue weighted by molar-refractivity contribution is 0.364. The van der Waals surface area contributed by atoms with E-state index < -0.39 is 0 Å². The van der Waals surface area contributed by atoms with Crippen molar-refractivity contribution in [2.75, 3.05) is 0 Å². The van der Waals surface area contributed by atoms with Crippen LogP contribution in [0.3, 0.4) is 0 Å². The third-order valence-electron chi connectivity index (χ3n) is 6.93. The van der Waals surface area contributed by atoms with E-state index in [9.17, 15) is 0 Å². The van der Waals surface area contributed by atoms with E-state index in [2.05, 4.69) is 13.8 Å². The maximum atomic E-state index is 5.47. The summed E-state index contributed by atoms with van der Waals surface area (Å²) in [4.78, 5) is 0. The van der Waals surface area contributed by atoms with Gasteiger partial charge in [0.2, 0.25) is 0 Å². The third-order valence-corrected chi connectivity index (χ3v) is 6.93. The van der Waals surface area contributed by atoms with Gasteiger partial charge in [0, 0.05) is 0 Å². The van der Waals surface area contributed by atoms with Crippen LogP contribution in [-0.4, -0.2) is 12.2 Å². The van der Waals surface area contributed by atoms with E-state index in [0.717, 1.165) is 0 Å². The van der Waals surface area contributed by atoms with Gasteiger partial charge in [0.1, 0.15) is 0 Å².